The summed E-state index contributed by atoms with van der Waals surface area (Å²) in [6.07, 6.45) is -4.60. The third-order valence-corrected chi connectivity index (χ3v) is 3.70. The summed E-state index contributed by atoms with van der Waals surface area (Å²) in [5.41, 5.74) is -1.23. The highest BCUT2D eigenvalue weighted by Gasteiger charge is 2.33. The number of pyridine rings is 1. The Labute approximate surface area is 119 Å². The van der Waals surface area contributed by atoms with Gasteiger partial charge in [-0.2, -0.15) is 13.2 Å². The van der Waals surface area contributed by atoms with Crippen LogP contribution in [0.5, 0.6) is 0 Å². The first-order chi connectivity index (χ1) is 8.79. The molecule has 100 valence electrons. The van der Waals surface area contributed by atoms with E-state index in [1.807, 2.05) is 0 Å². The highest BCUT2D eigenvalue weighted by atomic mass is 35.5. The van der Waals surface area contributed by atoms with E-state index in [0.717, 1.165) is 17.4 Å². The largest absolute Gasteiger partial charge is 0.433 e. The number of nitrogens with zero attached hydrogens (tertiary/aromatic N) is 1. The predicted molar refractivity (Wildman–Crippen MR) is 67.0 cm³/mol. The van der Waals surface area contributed by atoms with Gasteiger partial charge in [-0.25, -0.2) is 4.98 Å². The van der Waals surface area contributed by atoms with Crippen LogP contribution < -0.4 is 0 Å². The Morgan fingerprint density at radius 1 is 1.16 bits per heavy atom. The number of halogens is 5. The topological polar surface area (TPSA) is 30.0 Å². The van der Waals surface area contributed by atoms with Crippen LogP contribution in [0.2, 0.25) is 9.49 Å². The van der Waals surface area contributed by atoms with Gasteiger partial charge >= 0.3 is 6.18 Å². The predicted octanol–water partition coefficient (Wildman–Crippen LogP) is 4.70. The first-order valence-electron chi connectivity index (χ1n) is 4.83. The van der Waals surface area contributed by atoms with E-state index in [-0.39, 0.29) is 10.4 Å². The highest BCUT2D eigenvalue weighted by molar-refractivity contribution is 7.18. The van der Waals surface area contributed by atoms with Crippen molar-refractivity contribution in [2.45, 2.75) is 6.18 Å². The minimum Gasteiger partial charge on any atom is -0.288 e. The van der Waals surface area contributed by atoms with Crippen LogP contribution in [0, 0.1) is 0 Å². The zero-order valence-electron chi connectivity index (χ0n) is 8.96. The molecule has 19 heavy (non-hydrogen) atoms. The second-order valence-corrected chi connectivity index (χ2v) is 5.54. The molecule has 0 aliphatic rings. The van der Waals surface area contributed by atoms with Crippen LogP contribution in [0.4, 0.5) is 13.2 Å². The number of alkyl halides is 3. The molecule has 0 aliphatic heterocycles. The van der Waals surface area contributed by atoms with Crippen molar-refractivity contribution in [2.75, 3.05) is 0 Å². The second-order valence-electron chi connectivity index (χ2n) is 3.47. The van der Waals surface area contributed by atoms with Gasteiger partial charge in [0.2, 0.25) is 5.78 Å². The zero-order chi connectivity index (χ0) is 14.2. The summed E-state index contributed by atoms with van der Waals surface area (Å²) in [4.78, 5) is 15.5. The standard InChI is InChI=1S/C11H4Cl2F3NOS/c12-8-4-2-6(19-8)9(18)5-1-3-7(11(14,15)16)17-10(5)13/h1-4H. The third kappa shape index (κ3) is 3.08. The molecule has 0 unspecified atom stereocenters. The first-order valence-corrected chi connectivity index (χ1v) is 6.40. The molecular formula is C11H4Cl2F3NOS. The van der Waals surface area contributed by atoms with Crippen molar-refractivity contribution in [1.29, 1.82) is 0 Å². The monoisotopic (exact) mass is 325 g/mol. The summed E-state index contributed by atoms with van der Waals surface area (Å²) in [5, 5.41) is -0.482. The van der Waals surface area contributed by atoms with Crippen LogP contribution in [0.25, 0.3) is 0 Å². The van der Waals surface area contributed by atoms with Crippen LogP contribution in [0.15, 0.2) is 24.3 Å². The Morgan fingerprint density at radius 2 is 1.84 bits per heavy atom. The van der Waals surface area contributed by atoms with Gasteiger partial charge in [-0.15, -0.1) is 11.3 Å². The number of hydrogen-bond acceptors (Lipinski definition) is 3. The van der Waals surface area contributed by atoms with E-state index in [0.29, 0.717) is 10.4 Å². The molecule has 0 N–H and O–H groups in total. The smallest absolute Gasteiger partial charge is 0.288 e. The number of ketones is 1. The molecule has 0 atom stereocenters. The molecule has 0 saturated heterocycles. The molecule has 0 fully saturated rings. The van der Waals surface area contributed by atoms with Gasteiger partial charge < -0.3 is 0 Å². The molecule has 0 spiro atoms. The van der Waals surface area contributed by atoms with Crippen LogP contribution in [0.3, 0.4) is 0 Å². The minimum absolute atomic E-state index is 0.0896. The Hall–Kier alpha value is -1.11. The van der Waals surface area contributed by atoms with E-state index in [4.69, 9.17) is 23.2 Å². The summed E-state index contributed by atoms with van der Waals surface area (Å²) >= 11 is 12.3. The van der Waals surface area contributed by atoms with E-state index in [9.17, 15) is 18.0 Å². The van der Waals surface area contributed by atoms with Crippen molar-refractivity contribution in [3.05, 3.63) is 49.9 Å². The van der Waals surface area contributed by atoms with Gasteiger partial charge in [-0.1, -0.05) is 23.2 Å². The van der Waals surface area contributed by atoms with Gasteiger partial charge in [0, 0.05) is 0 Å². The maximum Gasteiger partial charge on any atom is 0.433 e. The fourth-order valence-electron chi connectivity index (χ4n) is 1.33. The fourth-order valence-corrected chi connectivity index (χ4v) is 2.57. The molecule has 0 amide bonds. The van der Waals surface area contributed by atoms with Crippen LogP contribution in [0.1, 0.15) is 20.9 Å². The summed E-state index contributed by atoms with van der Waals surface area (Å²) < 4.78 is 37.6. The van der Waals surface area contributed by atoms with Gasteiger partial charge in [-0.05, 0) is 24.3 Å². The molecule has 0 aromatic carbocycles. The molecular weight excluding hydrogens is 322 g/mol. The van der Waals surface area contributed by atoms with Crippen molar-refractivity contribution in [3.63, 3.8) is 0 Å². The summed E-state index contributed by atoms with van der Waals surface area (Å²) in [6, 6.07) is 4.72. The number of aromatic nitrogens is 1. The number of rotatable bonds is 2. The molecule has 0 bridgehead atoms. The molecule has 2 aromatic rings. The van der Waals surface area contributed by atoms with Crippen molar-refractivity contribution in [1.82, 2.24) is 4.98 Å². The van der Waals surface area contributed by atoms with Crippen molar-refractivity contribution >= 4 is 40.3 Å². The van der Waals surface area contributed by atoms with Crippen LogP contribution in [-0.2, 0) is 6.18 Å². The van der Waals surface area contributed by atoms with E-state index < -0.39 is 22.8 Å². The van der Waals surface area contributed by atoms with Gasteiger partial charge in [-0.3, -0.25) is 4.79 Å². The molecule has 2 nitrogen and oxygen atoms in total. The quantitative estimate of drug-likeness (QED) is 0.591. The lowest BCUT2D eigenvalue weighted by atomic mass is 10.1. The third-order valence-electron chi connectivity index (χ3n) is 2.18. The van der Waals surface area contributed by atoms with Crippen molar-refractivity contribution < 1.29 is 18.0 Å². The van der Waals surface area contributed by atoms with E-state index >= 15 is 0 Å². The summed E-state index contributed by atoms with van der Waals surface area (Å²) in [5.74, 6) is -0.511. The Morgan fingerprint density at radius 3 is 2.32 bits per heavy atom. The van der Waals surface area contributed by atoms with E-state index in [1.165, 1.54) is 12.1 Å². The average molecular weight is 326 g/mol. The number of carbonyl (C=O) groups is 1. The molecule has 2 heterocycles. The van der Waals surface area contributed by atoms with Gasteiger partial charge in [0.05, 0.1) is 14.8 Å². The molecule has 0 radical (unpaired) electrons. The SMILES string of the molecule is O=C(c1ccc(Cl)s1)c1ccc(C(F)(F)F)nc1Cl. The van der Waals surface area contributed by atoms with Crippen LogP contribution in [-0.4, -0.2) is 10.8 Å². The minimum atomic E-state index is -4.60. The zero-order valence-corrected chi connectivity index (χ0v) is 11.3. The maximum atomic E-state index is 12.4. The summed E-state index contributed by atoms with van der Waals surface area (Å²) in [7, 11) is 0. The Kier molecular flexibility index (Phi) is 3.85. The molecule has 2 rings (SSSR count). The number of carbonyl (C=O) groups excluding carboxylic acids is 1. The number of hydrogen-bond donors (Lipinski definition) is 0. The maximum absolute atomic E-state index is 12.4. The molecule has 0 saturated carbocycles. The lowest BCUT2D eigenvalue weighted by molar-refractivity contribution is -0.141. The molecule has 0 aliphatic carbocycles. The summed E-state index contributed by atoms with van der Waals surface area (Å²) in [6.45, 7) is 0. The number of thiophene rings is 1. The Balaban J connectivity index is 2.39. The normalized spacial score (nSPS) is 11.6. The lowest BCUT2D eigenvalue weighted by Gasteiger charge is -2.07. The average Bonchev–Trinajstić information content (AvgIpc) is 2.73. The van der Waals surface area contributed by atoms with Gasteiger partial charge in [0.25, 0.3) is 0 Å². The second kappa shape index (κ2) is 5.11. The fraction of sp³-hybridized carbons (Fsp3) is 0.0909. The molecule has 8 heteroatoms. The lowest BCUT2D eigenvalue weighted by Crippen LogP contribution is -2.10. The van der Waals surface area contributed by atoms with E-state index in [1.54, 1.807) is 0 Å². The van der Waals surface area contributed by atoms with Crippen molar-refractivity contribution in [3.8, 4) is 0 Å². The van der Waals surface area contributed by atoms with Crippen molar-refractivity contribution in [2.24, 2.45) is 0 Å². The van der Waals surface area contributed by atoms with Crippen LogP contribution >= 0.6 is 34.5 Å². The van der Waals surface area contributed by atoms with E-state index in [2.05, 4.69) is 4.98 Å². The van der Waals surface area contributed by atoms with Gasteiger partial charge in [0.1, 0.15) is 10.8 Å². The highest BCUT2D eigenvalue weighted by Crippen LogP contribution is 2.31. The Bertz CT molecular complexity index is 639. The molecule has 2 aromatic heterocycles. The van der Waals surface area contributed by atoms with Gasteiger partial charge in [0.15, 0.2) is 0 Å². The first kappa shape index (κ1) is 14.3.